The van der Waals surface area contributed by atoms with Gasteiger partial charge < -0.3 is 14.7 Å². The molecule has 2 amide bonds. The first-order chi connectivity index (χ1) is 14.6. The van der Waals surface area contributed by atoms with Gasteiger partial charge in [-0.25, -0.2) is 0 Å². The molecule has 2 saturated carbocycles. The Balaban J connectivity index is 1.41. The summed E-state index contributed by atoms with van der Waals surface area (Å²) in [4.78, 5) is 32.9. The summed E-state index contributed by atoms with van der Waals surface area (Å²) in [6.07, 6.45) is 9.57. The van der Waals surface area contributed by atoms with Crippen LogP contribution in [0.4, 0.5) is 11.4 Å². The molecule has 1 aromatic carbocycles. The van der Waals surface area contributed by atoms with Crippen LogP contribution in [-0.4, -0.2) is 48.4 Å². The fourth-order valence-corrected chi connectivity index (χ4v) is 5.67. The molecule has 1 unspecified atom stereocenters. The molecule has 2 aliphatic carbocycles. The monoisotopic (exact) mass is 409 g/mol. The van der Waals surface area contributed by atoms with E-state index in [1.807, 2.05) is 4.90 Å². The summed E-state index contributed by atoms with van der Waals surface area (Å²) >= 11 is 0. The molecule has 2 saturated heterocycles. The van der Waals surface area contributed by atoms with Crippen molar-refractivity contribution in [2.45, 2.75) is 76.8 Å². The molecular formula is C25H35N3O2. The molecule has 1 atom stereocenters. The number of likely N-dealkylation sites (tertiary alicyclic amines) is 1. The van der Waals surface area contributed by atoms with E-state index in [2.05, 4.69) is 41.0 Å². The van der Waals surface area contributed by atoms with Gasteiger partial charge in [0, 0.05) is 49.5 Å². The second-order valence-corrected chi connectivity index (χ2v) is 10.0. The summed E-state index contributed by atoms with van der Waals surface area (Å²) < 4.78 is 0. The molecular weight excluding hydrogens is 374 g/mol. The van der Waals surface area contributed by atoms with Gasteiger partial charge in [-0.1, -0.05) is 13.0 Å². The van der Waals surface area contributed by atoms with Crippen molar-refractivity contribution in [3.63, 3.8) is 0 Å². The summed E-state index contributed by atoms with van der Waals surface area (Å²) in [6.45, 7) is 5.14. The highest BCUT2D eigenvalue weighted by Crippen LogP contribution is 2.37. The van der Waals surface area contributed by atoms with E-state index < -0.39 is 0 Å². The van der Waals surface area contributed by atoms with Crippen molar-refractivity contribution in [2.75, 3.05) is 29.4 Å². The van der Waals surface area contributed by atoms with Gasteiger partial charge in [0.25, 0.3) is 0 Å². The Bertz CT molecular complexity index is 791. The SMILES string of the molecule is CC1CCC(N(C(=O)C2CC(=O)N(C3CC3)C2)c2cccc(N3CCCC3)c2)CC1. The Morgan fingerprint density at radius 2 is 1.77 bits per heavy atom. The Labute approximate surface area is 180 Å². The van der Waals surface area contributed by atoms with Gasteiger partial charge in [0.15, 0.2) is 0 Å². The second kappa shape index (κ2) is 8.24. The van der Waals surface area contributed by atoms with Crippen molar-refractivity contribution >= 4 is 23.2 Å². The number of benzene rings is 1. The van der Waals surface area contributed by atoms with Crippen molar-refractivity contribution < 1.29 is 9.59 Å². The molecule has 0 N–H and O–H groups in total. The van der Waals surface area contributed by atoms with Crippen molar-refractivity contribution in [1.29, 1.82) is 0 Å². The van der Waals surface area contributed by atoms with E-state index >= 15 is 0 Å². The third-order valence-corrected chi connectivity index (χ3v) is 7.66. The lowest BCUT2D eigenvalue weighted by molar-refractivity contribution is -0.129. The van der Waals surface area contributed by atoms with E-state index in [0.717, 1.165) is 50.4 Å². The van der Waals surface area contributed by atoms with Crippen molar-refractivity contribution in [3.05, 3.63) is 24.3 Å². The predicted octanol–water partition coefficient (Wildman–Crippen LogP) is 4.21. The number of carbonyl (C=O) groups is 2. The number of amides is 2. The molecule has 0 bridgehead atoms. The lowest BCUT2D eigenvalue weighted by Gasteiger charge is -2.38. The maximum atomic E-state index is 13.8. The first-order valence-electron chi connectivity index (χ1n) is 12.1. The van der Waals surface area contributed by atoms with Crippen LogP contribution in [0.1, 0.15) is 64.7 Å². The van der Waals surface area contributed by atoms with Crippen molar-refractivity contribution in [2.24, 2.45) is 11.8 Å². The molecule has 30 heavy (non-hydrogen) atoms. The molecule has 0 radical (unpaired) electrons. The number of rotatable bonds is 5. The Kier molecular flexibility index (Phi) is 5.46. The largest absolute Gasteiger partial charge is 0.371 e. The summed E-state index contributed by atoms with van der Waals surface area (Å²) in [5.41, 5.74) is 2.26. The average molecular weight is 410 g/mol. The third kappa shape index (κ3) is 3.95. The topological polar surface area (TPSA) is 43.9 Å². The van der Waals surface area contributed by atoms with Crippen molar-refractivity contribution in [1.82, 2.24) is 4.90 Å². The number of hydrogen-bond donors (Lipinski definition) is 0. The molecule has 2 aliphatic heterocycles. The minimum atomic E-state index is -0.187. The molecule has 0 aromatic heterocycles. The lowest BCUT2D eigenvalue weighted by Crippen LogP contribution is -2.46. The smallest absolute Gasteiger partial charge is 0.232 e. The zero-order chi connectivity index (χ0) is 20.7. The maximum absolute atomic E-state index is 13.8. The van der Waals surface area contributed by atoms with Gasteiger partial charge >= 0.3 is 0 Å². The highest BCUT2D eigenvalue weighted by Gasteiger charge is 2.44. The highest BCUT2D eigenvalue weighted by molar-refractivity contribution is 6.00. The molecule has 5 nitrogen and oxygen atoms in total. The number of carbonyl (C=O) groups excluding carboxylic acids is 2. The molecule has 5 heteroatoms. The van der Waals surface area contributed by atoms with Gasteiger partial charge in [0.2, 0.25) is 11.8 Å². The van der Waals surface area contributed by atoms with Crippen LogP contribution in [0.25, 0.3) is 0 Å². The molecule has 1 aromatic rings. The molecule has 0 spiro atoms. The average Bonchev–Trinajstić information content (AvgIpc) is 3.29. The van der Waals surface area contributed by atoms with Crippen LogP contribution in [0.3, 0.4) is 0 Å². The van der Waals surface area contributed by atoms with Crippen LogP contribution < -0.4 is 9.80 Å². The number of anilines is 2. The van der Waals surface area contributed by atoms with E-state index in [1.54, 1.807) is 0 Å². The van der Waals surface area contributed by atoms with Crippen LogP contribution in [0.2, 0.25) is 0 Å². The number of hydrogen-bond acceptors (Lipinski definition) is 3. The highest BCUT2D eigenvalue weighted by atomic mass is 16.2. The maximum Gasteiger partial charge on any atom is 0.232 e. The van der Waals surface area contributed by atoms with Gasteiger partial charge in [-0.05, 0) is 75.5 Å². The van der Waals surface area contributed by atoms with E-state index in [9.17, 15) is 9.59 Å². The van der Waals surface area contributed by atoms with Gasteiger partial charge in [0.1, 0.15) is 0 Å². The Hall–Kier alpha value is -2.04. The first kappa shape index (κ1) is 19.9. The fourth-order valence-electron chi connectivity index (χ4n) is 5.67. The van der Waals surface area contributed by atoms with Gasteiger partial charge in [-0.3, -0.25) is 9.59 Å². The van der Waals surface area contributed by atoms with E-state index in [4.69, 9.17) is 0 Å². The van der Waals surface area contributed by atoms with Crippen molar-refractivity contribution in [3.8, 4) is 0 Å². The summed E-state index contributed by atoms with van der Waals surface area (Å²) in [6, 6.07) is 9.26. The van der Waals surface area contributed by atoms with E-state index in [0.29, 0.717) is 19.0 Å². The van der Waals surface area contributed by atoms with Crippen LogP contribution in [0.15, 0.2) is 24.3 Å². The Morgan fingerprint density at radius 1 is 1.03 bits per heavy atom. The van der Waals surface area contributed by atoms with Crippen LogP contribution in [0, 0.1) is 11.8 Å². The standard InChI is InChI=1S/C25H35N3O2/c1-18-7-9-21(10-8-18)28(23-6-4-5-22(16-23)26-13-2-3-14-26)25(30)19-15-24(29)27(17-19)20-11-12-20/h4-6,16,18-21H,2-3,7-15,17H2,1H3. The summed E-state index contributed by atoms with van der Waals surface area (Å²) in [7, 11) is 0. The van der Waals surface area contributed by atoms with Gasteiger partial charge in [0.05, 0.1) is 5.92 Å². The van der Waals surface area contributed by atoms with Gasteiger partial charge in [-0.2, -0.15) is 0 Å². The van der Waals surface area contributed by atoms with E-state index in [1.165, 1.54) is 31.4 Å². The molecule has 4 fully saturated rings. The third-order valence-electron chi connectivity index (χ3n) is 7.66. The molecule has 162 valence electrons. The van der Waals surface area contributed by atoms with Crippen LogP contribution in [-0.2, 0) is 9.59 Å². The summed E-state index contributed by atoms with van der Waals surface area (Å²) in [5.74, 6) is 0.906. The van der Waals surface area contributed by atoms with Crippen LogP contribution in [0.5, 0.6) is 0 Å². The molecule has 2 heterocycles. The quantitative estimate of drug-likeness (QED) is 0.732. The fraction of sp³-hybridized carbons (Fsp3) is 0.680. The second-order valence-electron chi connectivity index (χ2n) is 10.0. The summed E-state index contributed by atoms with van der Waals surface area (Å²) in [5, 5.41) is 0. The minimum Gasteiger partial charge on any atom is -0.371 e. The van der Waals surface area contributed by atoms with E-state index in [-0.39, 0.29) is 23.8 Å². The van der Waals surface area contributed by atoms with Crippen LogP contribution >= 0.6 is 0 Å². The normalized spacial score (nSPS) is 29.5. The minimum absolute atomic E-state index is 0.171. The first-order valence-corrected chi connectivity index (χ1v) is 12.1. The molecule has 4 aliphatic rings. The van der Waals surface area contributed by atoms with Gasteiger partial charge in [-0.15, -0.1) is 0 Å². The zero-order valence-corrected chi connectivity index (χ0v) is 18.3. The zero-order valence-electron chi connectivity index (χ0n) is 18.3. The number of nitrogens with zero attached hydrogens (tertiary/aromatic N) is 3. The predicted molar refractivity (Wildman–Crippen MR) is 120 cm³/mol. The molecule has 5 rings (SSSR count). The lowest BCUT2D eigenvalue weighted by atomic mass is 9.85. The Morgan fingerprint density at radius 3 is 2.47 bits per heavy atom.